The highest BCUT2D eigenvalue weighted by Crippen LogP contribution is 2.24. The van der Waals surface area contributed by atoms with Gasteiger partial charge >= 0.3 is 5.97 Å². The summed E-state index contributed by atoms with van der Waals surface area (Å²) in [5.74, 6) is -0.177. The number of hydrogen-bond donors (Lipinski definition) is 6. The predicted octanol–water partition coefficient (Wildman–Crippen LogP) is 21.6. The van der Waals surface area contributed by atoms with Gasteiger partial charge in [0.25, 0.3) is 0 Å². The molecule has 0 aromatic carbocycles. The van der Waals surface area contributed by atoms with Crippen molar-refractivity contribution in [2.75, 3.05) is 19.8 Å². The quantitative estimate of drug-likeness (QED) is 0.0195. The first-order valence-corrected chi connectivity index (χ1v) is 40.1. The maximum Gasteiger partial charge on any atom is 0.305 e. The molecule has 11 heteroatoms. The highest BCUT2D eigenvalue weighted by molar-refractivity contribution is 5.76. The molecule has 1 rings (SSSR count). The highest BCUT2D eigenvalue weighted by atomic mass is 16.7. The van der Waals surface area contributed by atoms with E-state index in [9.17, 15) is 35.1 Å². The van der Waals surface area contributed by atoms with Gasteiger partial charge in [0.05, 0.1) is 32.0 Å². The zero-order valence-electron chi connectivity index (χ0n) is 60.7. The number of carbonyl (C=O) groups is 2. The molecule has 1 aliphatic rings. The van der Waals surface area contributed by atoms with Gasteiger partial charge in [0.15, 0.2) is 6.29 Å². The summed E-state index contributed by atoms with van der Waals surface area (Å²) in [6, 6.07) is -0.808. The fourth-order valence-corrected chi connectivity index (χ4v) is 12.5. The molecule has 93 heavy (non-hydrogen) atoms. The minimum Gasteiger partial charge on any atom is -0.466 e. The van der Waals surface area contributed by atoms with E-state index >= 15 is 0 Å². The van der Waals surface area contributed by atoms with Crippen molar-refractivity contribution < 1.29 is 49.3 Å². The molecule has 7 unspecified atom stereocenters. The van der Waals surface area contributed by atoms with Crippen molar-refractivity contribution in [2.24, 2.45) is 0 Å². The Morgan fingerprint density at radius 1 is 0.398 bits per heavy atom. The van der Waals surface area contributed by atoms with E-state index in [0.717, 1.165) is 70.6 Å². The Morgan fingerprint density at radius 2 is 0.731 bits per heavy atom. The molecule has 11 nitrogen and oxygen atoms in total. The molecular formula is C82H151NO10. The average molecular weight is 1310 g/mol. The molecule has 1 amide bonds. The van der Waals surface area contributed by atoms with Gasteiger partial charge in [-0.15, -0.1) is 0 Å². The van der Waals surface area contributed by atoms with Gasteiger partial charge in [-0.1, -0.05) is 344 Å². The molecule has 7 atom stereocenters. The third kappa shape index (κ3) is 59.2. The second-order valence-electron chi connectivity index (χ2n) is 27.8. The maximum absolute atomic E-state index is 13.1. The topological polar surface area (TPSA) is 175 Å². The Morgan fingerprint density at radius 3 is 1.12 bits per heavy atom. The highest BCUT2D eigenvalue weighted by Gasteiger charge is 2.44. The summed E-state index contributed by atoms with van der Waals surface area (Å²) < 4.78 is 16.8. The van der Waals surface area contributed by atoms with Gasteiger partial charge in [0.1, 0.15) is 24.4 Å². The maximum atomic E-state index is 13.1. The van der Waals surface area contributed by atoms with Crippen molar-refractivity contribution in [1.29, 1.82) is 0 Å². The number of esters is 1. The SMILES string of the molecule is CCCC/C=C\C/C=C\CCCCCCCC(=O)OCCCCCCCCCCCCCCCCC/C=C\C/C=C\CCCCCCCCCCCCCCCCCCCC(=O)NC(COC1OC(CO)C(O)C(O)C1O)C(O)/C=C/CCCCCCCCCCCC. The largest absolute Gasteiger partial charge is 0.466 e. The number of hydrogen-bond acceptors (Lipinski definition) is 10. The van der Waals surface area contributed by atoms with Gasteiger partial charge in [-0.2, -0.15) is 0 Å². The van der Waals surface area contributed by atoms with E-state index in [2.05, 4.69) is 67.8 Å². The van der Waals surface area contributed by atoms with Gasteiger partial charge in [-0.3, -0.25) is 9.59 Å². The Balaban J connectivity index is 1.90. The van der Waals surface area contributed by atoms with E-state index in [1.54, 1.807) is 6.08 Å². The van der Waals surface area contributed by atoms with E-state index in [1.165, 1.54) is 289 Å². The van der Waals surface area contributed by atoms with E-state index in [1.807, 2.05) is 6.08 Å². The number of allylic oxidation sites excluding steroid dienone is 9. The van der Waals surface area contributed by atoms with Crippen LogP contribution in [-0.2, 0) is 23.8 Å². The summed E-state index contributed by atoms with van der Waals surface area (Å²) in [5, 5.41) is 54.5. The molecule has 6 N–H and O–H groups in total. The van der Waals surface area contributed by atoms with Crippen molar-refractivity contribution in [1.82, 2.24) is 5.32 Å². The summed E-state index contributed by atoms with van der Waals surface area (Å²) in [4.78, 5) is 25.1. The first kappa shape index (κ1) is 88.4. The van der Waals surface area contributed by atoms with Crippen LogP contribution in [0.3, 0.4) is 0 Å². The van der Waals surface area contributed by atoms with Crippen LogP contribution in [0.1, 0.15) is 386 Å². The summed E-state index contributed by atoms with van der Waals surface area (Å²) in [6.07, 6.45) is 85.4. The minimum absolute atomic E-state index is 0.0000446. The third-order valence-corrected chi connectivity index (χ3v) is 18.8. The normalized spacial score (nSPS) is 17.8. The third-order valence-electron chi connectivity index (χ3n) is 18.8. The van der Waals surface area contributed by atoms with Crippen LogP contribution in [0.25, 0.3) is 0 Å². The number of rotatable bonds is 71. The number of aliphatic hydroxyl groups is 5. The van der Waals surface area contributed by atoms with Crippen LogP contribution in [0.5, 0.6) is 0 Å². The lowest BCUT2D eigenvalue weighted by molar-refractivity contribution is -0.302. The summed E-state index contributed by atoms with van der Waals surface area (Å²) in [6.45, 7) is 4.33. The van der Waals surface area contributed by atoms with Crippen LogP contribution >= 0.6 is 0 Å². The van der Waals surface area contributed by atoms with Gasteiger partial charge in [-0.25, -0.2) is 0 Å². The number of unbranched alkanes of at least 4 members (excludes halogenated alkanes) is 49. The molecule has 1 fully saturated rings. The first-order chi connectivity index (χ1) is 45.7. The number of amides is 1. The summed E-state index contributed by atoms with van der Waals surface area (Å²) in [7, 11) is 0. The Labute approximate surface area is 573 Å². The van der Waals surface area contributed by atoms with Crippen molar-refractivity contribution >= 4 is 11.9 Å². The number of nitrogens with one attached hydrogen (secondary N) is 1. The molecule has 1 aliphatic heterocycles. The zero-order chi connectivity index (χ0) is 67.2. The van der Waals surface area contributed by atoms with Gasteiger partial charge < -0.3 is 45.1 Å². The van der Waals surface area contributed by atoms with E-state index in [-0.39, 0.29) is 18.5 Å². The molecule has 1 heterocycles. The van der Waals surface area contributed by atoms with Crippen LogP contribution in [0, 0.1) is 0 Å². The fourth-order valence-electron chi connectivity index (χ4n) is 12.5. The Bertz CT molecular complexity index is 1730. The van der Waals surface area contributed by atoms with Gasteiger partial charge in [0, 0.05) is 12.8 Å². The molecule has 0 spiro atoms. The molecule has 1 saturated heterocycles. The Hall–Kier alpha value is -2.64. The fraction of sp³-hybridized carbons (Fsp3) is 0.854. The monoisotopic (exact) mass is 1310 g/mol. The van der Waals surface area contributed by atoms with Gasteiger partial charge in [0.2, 0.25) is 5.91 Å². The van der Waals surface area contributed by atoms with Crippen LogP contribution < -0.4 is 5.32 Å². The number of aliphatic hydroxyl groups excluding tert-OH is 5. The lowest BCUT2D eigenvalue weighted by Crippen LogP contribution is -2.60. The lowest BCUT2D eigenvalue weighted by Gasteiger charge is -2.40. The van der Waals surface area contributed by atoms with Crippen LogP contribution in [-0.4, -0.2) is 100 Å². The average Bonchev–Trinajstić information content (AvgIpc) is 0.981. The van der Waals surface area contributed by atoms with Gasteiger partial charge in [-0.05, 0) is 89.9 Å². The molecule has 544 valence electrons. The number of ether oxygens (including phenoxy) is 3. The second kappa shape index (κ2) is 70.7. The van der Waals surface area contributed by atoms with E-state index < -0.39 is 49.5 Å². The summed E-state index contributed by atoms with van der Waals surface area (Å²) >= 11 is 0. The standard InChI is InChI=1S/C82H151NO10/c1-3-5-7-9-11-13-15-17-46-50-54-58-62-66-70-78(87)91-71-67-63-59-55-51-47-44-42-40-38-36-34-32-30-28-26-24-22-20-18-19-21-23-25-27-29-31-33-35-37-39-41-43-45-49-53-57-61-65-69-77(86)83-74(73-92-82-81(90)80(89)79(88)76(72-84)93-82)75(85)68-64-60-56-52-48-16-14-12-10-8-6-4-2/h9,11,15,17-19,22,24,64,68,74-76,79-82,84-85,88-90H,3-8,10,12-14,16,20-21,23,25-63,65-67,69-73H2,1-2H3,(H,83,86)/b11-9-,17-15-,19-18-,24-22-,68-64+. The minimum atomic E-state index is -1.57. The van der Waals surface area contributed by atoms with E-state index in [4.69, 9.17) is 14.2 Å². The van der Waals surface area contributed by atoms with Crippen LogP contribution in [0.15, 0.2) is 60.8 Å². The number of carbonyl (C=O) groups excluding carboxylic acids is 2. The van der Waals surface area contributed by atoms with Crippen molar-refractivity contribution in [2.45, 2.75) is 429 Å². The van der Waals surface area contributed by atoms with Crippen molar-refractivity contribution in [3.05, 3.63) is 60.8 Å². The lowest BCUT2D eigenvalue weighted by atomic mass is 9.99. The smallest absolute Gasteiger partial charge is 0.305 e. The summed E-state index contributed by atoms with van der Waals surface area (Å²) in [5.41, 5.74) is 0. The van der Waals surface area contributed by atoms with Crippen LogP contribution in [0.2, 0.25) is 0 Å². The van der Waals surface area contributed by atoms with Crippen molar-refractivity contribution in [3.8, 4) is 0 Å². The molecular weight excluding hydrogens is 1160 g/mol. The molecule has 0 aromatic heterocycles. The molecule has 0 aromatic rings. The molecule has 0 radical (unpaired) electrons. The molecule has 0 saturated carbocycles. The predicted molar refractivity (Wildman–Crippen MR) is 393 cm³/mol. The van der Waals surface area contributed by atoms with Crippen molar-refractivity contribution in [3.63, 3.8) is 0 Å². The first-order valence-electron chi connectivity index (χ1n) is 40.1. The second-order valence-corrected chi connectivity index (χ2v) is 27.8. The Kier molecular flexibility index (Phi) is 67.2. The molecule has 0 bridgehead atoms. The van der Waals surface area contributed by atoms with E-state index in [0.29, 0.717) is 19.4 Å². The zero-order valence-corrected chi connectivity index (χ0v) is 60.7. The molecule has 0 aliphatic carbocycles. The van der Waals surface area contributed by atoms with Crippen LogP contribution in [0.4, 0.5) is 0 Å².